The highest BCUT2D eigenvalue weighted by atomic mass is 35.5. The zero-order chi connectivity index (χ0) is 12.0. The third kappa shape index (κ3) is 6.61. The summed E-state index contributed by atoms with van der Waals surface area (Å²) in [6.07, 6.45) is 2.56. The summed E-state index contributed by atoms with van der Waals surface area (Å²) in [5.41, 5.74) is 5.83. The highest BCUT2D eigenvalue weighted by Gasteiger charge is 2.24. The van der Waals surface area contributed by atoms with Gasteiger partial charge in [0.05, 0.1) is 6.61 Å². The fourth-order valence-corrected chi connectivity index (χ4v) is 2.34. The normalized spacial score (nSPS) is 25.9. The lowest BCUT2D eigenvalue weighted by molar-refractivity contribution is 0.0530. The van der Waals surface area contributed by atoms with Gasteiger partial charge in [0.15, 0.2) is 0 Å². The molecule has 2 atom stereocenters. The summed E-state index contributed by atoms with van der Waals surface area (Å²) in [5.74, 6) is 1.47. The van der Waals surface area contributed by atoms with Crippen LogP contribution in [0.4, 0.5) is 0 Å². The van der Waals surface area contributed by atoms with Crippen molar-refractivity contribution in [3.8, 4) is 0 Å². The van der Waals surface area contributed by atoms with E-state index in [9.17, 15) is 0 Å². The maximum Gasteiger partial charge on any atom is 0.0593 e. The minimum absolute atomic E-state index is 0. The van der Waals surface area contributed by atoms with Gasteiger partial charge in [-0.3, -0.25) is 4.90 Å². The first-order valence-electron chi connectivity index (χ1n) is 6.65. The summed E-state index contributed by atoms with van der Waals surface area (Å²) in [5, 5.41) is 0. The van der Waals surface area contributed by atoms with Crippen LogP contribution in [-0.2, 0) is 4.74 Å². The molecule has 3 nitrogen and oxygen atoms in total. The van der Waals surface area contributed by atoms with Crippen molar-refractivity contribution in [1.29, 1.82) is 0 Å². The Kier molecular flexibility index (Phi) is 9.24. The van der Waals surface area contributed by atoms with Gasteiger partial charge in [0, 0.05) is 25.7 Å². The van der Waals surface area contributed by atoms with Crippen LogP contribution in [0.2, 0.25) is 0 Å². The van der Waals surface area contributed by atoms with Gasteiger partial charge in [-0.15, -0.1) is 12.4 Å². The van der Waals surface area contributed by atoms with E-state index in [-0.39, 0.29) is 12.4 Å². The Morgan fingerprint density at radius 2 is 2.12 bits per heavy atom. The zero-order valence-corrected chi connectivity index (χ0v) is 12.3. The van der Waals surface area contributed by atoms with Crippen molar-refractivity contribution in [2.45, 2.75) is 39.7 Å². The maximum absolute atomic E-state index is 5.83. The fraction of sp³-hybridized carbons (Fsp3) is 1.00. The molecule has 1 fully saturated rings. The lowest BCUT2D eigenvalue weighted by Crippen LogP contribution is -2.47. The van der Waals surface area contributed by atoms with Crippen molar-refractivity contribution in [2.24, 2.45) is 17.6 Å². The molecule has 0 aromatic heterocycles. The Morgan fingerprint density at radius 3 is 2.71 bits per heavy atom. The lowest BCUT2D eigenvalue weighted by atomic mass is 9.92. The highest BCUT2D eigenvalue weighted by Crippen LogP contribution is 2.21. The van der Waals surface area contributed by atoms with Gasteiger partial charge in [-0.2, -0.15) is 0 Å². The van der Waals surface area contributed by atoms with Crippen LogP contribution < -0.4 is 5.73 Å². The standard InChI is InChI=1S/C13H28N2O.ClH/c1-11(2)10-16-7-6-15-5-4-12(3)8-13(15)9-14;/h11-13H,4-10,14H2,1-3H3;1H. The van der Waals surface area contributed by atoms with Gasteiger partial charge in [-0.1, -0.05) is 20.8 Å². The number of rotatable bonds is 6. The second-order valence-electron chi connectivity index (χ2n) is 5.52. The largest absolute Gasteiger partial charge is 0.380 e. The summed E-state index contributed by atoms with van der Waals surface area (Å²) in [4.78, 5) is 2.50. The van der Waals surface area contributed by atoms with Crippen LogP contribution in [0.15, 0.2) is 0 Å². The van der Waals surface area contributed by atoms with E-state index in [0.717, 1.165) is 32.2 Å². The number of piperidine rings is 1. The van der Waals surface area contributed by atoms with Gasteiger partial charge in [0.1, 0.15) is 0 Å². The molecule has 1 aliphatic rings. The Labute approximate surface area is 112 Å². The molecule has 0 saturated carbocycles. The molecule has 104 valence electrons. The molecule has 0 aromatic carbocycles. The number of hydrogen-bond acceptors (Lipinski definition) is 3. The van der Waals surface area contributed by atoms with Crippen molar-refractivity contribution in [1.82, 2.24) is 4.90 Å². The van der Waals surface area contributed by atoms with Crippen LogP contribution in [0.25, 0.3) is 0 Å². The van der Waals surface area contributed by atoms with Crippen LogP contribution in [0.3, 0.4) is 0 Å². The number of nitrogens with two attached hydrogens (primary N) is 1. The number of nitrogens with zero attached hydrogens (tertiary/aromatic N) is 1. The molecule has 0 aromatic rings. The first-order chi connectivity index (χ1) is 7.63. The first-order valence-corrected chi connectivity index (χ1v) is 6.65. The van der Waals surface area contributed by atoms with Gasteiger partial charge in [0.25, 0.3) is 0 Å². The van der Waals surface area contributed by atoms with Crippen molar-refractivity contribution in [3.63, 3.8) is 0 Å². The van der Waals surface area contributed by atoms with Crippen molar-refractivity contribution in [3.05, 3.63) is 0 Å². The van der Waals surface area contributed by atoms with Crippen LogP contribution >= 0.6 is 12.4 Å². The van der Waals surface area contributed by atoms with Gasteiger partial charge in [0.2, 0.25) is 0 Å². The van der Waals surface area contributed by atoms with Gasteiger partial charge in [-0.25, -0.2) is 0 Å². The predicted molar refractivity (Wildman–Crippen MR) is 75.7 cm³/mol. The van der Waals surface area contributed by atoms with Crippen LogP contribution in [0, 0.1) is 11.8 Å². The Morgan fingerprint density at radius 1 is 1.41 bits per heavy atom. The van der Waals surface area contributed by atoms with Gasteiger partial charge >= 0.3 is 0 Å². The number of likely N-dealkylation sites (tertiary alicyclic amines) is 1. The number of ether oxygens (including phenoxy) is 1. The molecule has 4 heteroatoms. The average Bonchev–Trinajstić information content (AvgIpc) is 2.25. The molecular formula is C13H29ClN2O. The van der Waals surface area contributed by atoms with Crippen LogP contribution in [0.5, 0.6) is 0 Å². The molecule has 17 heavy (non-hydrogen) atoms. The van der Waals surface area contributed by atoms with E-state index in [1.807, 2.05) is 0 Å². The molecule has 1 saturated heterocycles. The van der Waals surface area contributed by atoms with E-state index in [1.165, 1.54) is 19.4 Å². The van der Waals surface area contributed by atoms with E-state index in [1.54, 1.807) is 0 Å². The molecule has 1 rings (SSSR count). The van der Waals surface area contributed by atoms with Crippen molar-refractivity contribution < 1.29 is 4.74 Å². The second-order valence-corrected chi connectivity index (χ2v) is 5.52. The van der Waals surface area contributed by atoms with Crippen LogP contribution in [-0.4, -0.2) is 43.8 Å². The molecule has 0 radical (unpaired) electrons. The third-order valence-corrected chi connectivity index (χ3v) is 3.35. The molecule has 1 heterocycles. The minimum Gasteiger partial charge on any atom is -0.380 e. The molecule has 0 amide bonds. The Balaban J connectivity index is 0.00000256. The van der Waals surface area contributed by atoms with Gasteiger partial charge in [-0.05, 0) is 31.2 Å². The number of hydrogen-bond donors (Lipinski definition) is 1. The fourth-order valence-electron chi connectivity index (χ4n) is 2.34. The average molecular weight is 265 g/mol. The Hall–Kier alpha value is 0.170. The van der Waals surface area contributed by atoms with Gasteiger partial charge < -0.3 is 10.5 Å². The molecule has 0 spiro atoms. The van der Waals surface area contributed by atoms with Crippen molar-refractivity contribution in [2.75, 3.05) is 32.8 Å². The quantitative estimate of drug-likeness (QED) is 0.747. The minimum atomic E-state index is 0. The molecule has 1 aliphatic heterocycles. The highest BCUT2D eigenvalue weighted by molar-refractivity contribution is 5.85. The zero-order valence-electron chi connectivity index (χ0n) is 11.5. The molecular weight excluding hydrogens is 236 g/mol. The Bertz CT molecular complexity index is 190. The molecule has 2 unspecified atom stereocenters. The lowest BCUT2D eigenvalue weighted by Gasteiger charge is -2.37. The monoisotopic (exact) mass is 264 g/mol. The third-order valence-electron chi connectivity index (χ3n) is 3.35. The molecule has 0 bridgehead atoms. The molecule has 2 N–H and O–H groups in total. The molecule has 0 aliphatic carbocycles. The van der Waals surface area contributed by atoms with Crippen LogP contribution in [0.1, 0.15) is 33.6 Å². The second kappa shape index (κ2) is 9.15. The summed E-state index contributed by atoms with van der Waals surface area (Å²) in [6, 6.07) is 0.575. The summed E-state index contributed by atoms with van der Waals surface area (Å²) in [7, 11) is 0. The maximum atomic E-state index is 5.83. The SMILES string of the molecule is CC(C)COCCN1CCC(C)CC1CN.Cl. The summed E-state index contributed by atoms with van der Waals surface area (Å²) < 4.78 is 5.63. The first kappa shape index (κ1) is 17.2. The summed E-state index contributed by atoms with van der Waals surface area (Å²) in [6.45, 7) is 11.4. The van der Waals surface area contributed by atoms with E-state index in [2.05, 4.69) is 25.7 Å². The van der Waals surface area contributed by atoms with E-state index in [0.29, 0.717) is 12.0 Å². The number of halogens is 1. The van der Waals surface area contributed by atoms with E-state index >= 15 is 0 Å². The van der Waals surface area contributed by atoms with Crippen molar-refractivity contribution >= 4 is 12.4 Å². The summed E-state index contributed by atoms with van der Waals surface area (Å²) >= 11 is 0. The predicted octanol–water partition coefficient (Wildman–Crippen LogP) is 2.14. The van der Waals surface area contributed by atoms with E-state index in [4.69, 9.17) is 10.5 Å². The topological polar surface area (TPSA) is 38.5 Å². The smallest absolute Gasteiger partial charge is 0.0593 e. The van der Waals surface area contributed by atoms with E-state index < -0.39 is 0 Å².